The summed E-state index contributed by atoms with van der Waals surface area (Å²) >= 11 is 0. The van der Waals surface area contributed by atoms with Gasteiger partial charge in [0.25, 0.3) is 0 Å². The van der Waals surface area contributed by atoms with Crippen molar-refractivity contribution in [3.05, 3.63) is 121 Å². The first-order valence-corrected chi connectivity index (χ1v) is 14.0. The second-order valence-corrected chi connectivity index (χ2v) is 11.4. The molecule has 4 rings (SSSR count). The van der Waals surface area contributed by atoms with Gasteiger partial charge in [0.2, 0.25) is 0 Å². The van der Waals surface area contributed by atoms with E-state index in [2.05, 4.69) is 121 Å². The third kappa shape index (κ3) is 7.32. The van der Waals surface area contributed by atoms with Gasteiger partial charge in [0.15, 0.2) is 0 Å². The number of benzene rings is 4. The van der Waals surface area contributed by atoms with Gasteiger partial charge in [0.1, 0.15) is 0 Å². The number of hydrogen-bond acceptors (Lipinski definition) is 2. The van der Waals surface area contributed by atoms with Gasteiger partial charge in [-0.05, 0) is 19.3 Å². The van der Waals surface area contributed by atoms with Crippen LogP contribution in [0.4, 0.5) is 0 Å². The first-order chi connectivity index (χ1) is 16.4. The van der Waals surface area contributed by atoms with Crippen molar-refractivity contribution in [3.8, 4) is 0 Å². The highest BCUT2D eigenvalue weighted by Crippen LogP contribution is 2.36. The minimum Gasteiger partial charge on any atom is -0.350 e. The van der Waals surface area contributed by atoms with E-state index in [4.69, 9.17) is 9.05 Å². The number of rotatable bonds is 12. The Morgan fingerprint density at radius 3 is 0.909 bits per heavy atom. The second-order valence-electron chi connectivity index (χ2n) is 7.66. The molecule has 0 aliphatic rings. The van der Waals surface area contributed by atoms with E-state index in [0.717, 1.165) is 32.5 Å². The summed E-state index contributed by atoms with van der Waals surface area (Å²) < 4.78 is 12.8. The molecular formula is C29H30O2P2. The van der Waals surface area contributed by atoms with Gasteiger partial charge < -0.3 is 9.05 Å². The SMILES string of the molecule is c1ccc(P(OCCCCCOP(c2ccccc2)c2ccccc2)c2ccccc2)cc1. The van der Waals surface area contributed by atoms with Crippen molar-refractivity contribution in [2.75, 3.05) is 13.2 Å². The molecule has 0 saturated carbocycles. The molecule has 0 bridgehead atoms. The van der Waals surface area contributed by atoms with E-state index in [-0.39, 0.29) is 0 Å². The van der Waals surface area contributed by atoms with E-state index >= 15 is 0 Å². The molecule has 2 nitrogen and oxygen atoms in total. The Morgan fingerprint density at radius 2 is 0.636 bits per heavy atom. The average Bonchev–Trinajstić information content (AvgIpc) is 2.90. The van der Waals surface area contributed by atoms with Crippen molar-refractivity contribution in [1.29, 1.82) is 0 Å². The van der Waals surface area contributed by atoms with Crippen LogP contribution < -0.4 is 21.2 Å². The van der Waals surface area contributed by atoms with E-state index < -0.39 is 16.3 Å². The van der Waals surface area contributed by atoms with Crippen molar-refractivity contribution in [3.63, 3.8) is 0 Å². The molecule has 0 aromatic heterocycles. The van der Waals surface area contributed by atoms with Gasteiger partial charge in [-0.1, -0.05) is 121 Å². The molecule has 0 aliphatic carbocycles. The maximum atomic E-state index is 6.41. The van der Waals surface area contributed by atoms with Crippen LogP contribution in [-0.2, 0) is 9.05 Å². The summed E-state index contributed by atoms with van der Waals surface area (Å²) in [5.74, 6) is 0. The van der Waals surface area contributed by atoms with Gasteiger partial charge in [-0.3, -0.25) is 0 Å². The Morgan fingerprint density at radius 1 is 0.364 bits per heavy atom. The fourth-order valence-electron chi connectivity index (χ4n) is 3.54. The van der Waals surface area contributed by atoms with E-state index in [9.17, 15) is 0 Å². The number of unbranched alkanes of at least 4 members (excludes halogenated alkanes) is 2. The lowest BCUT2D eigenvalue weighted by molar-refractivity contribution is 0.315. The van der Waals surface area contributed by atoms with Crippen LogP contribution in [0.5, 0.6) is 0 Å². The van der Waals surface area contributed by atoms with E-state index in [1.165, 1.54) is 21.2 Å². The van der Waals surface area contributed by atoms with E-state index in [0.29, 0.717) is 0 Å². The molecule has 0 spiro atoms. The Balaban J connectivity index is 1.25. The van der Waals surface area contributed by atoms with Gasteiger partial charge >= 0.3 is 0 Å². The molecule has 0 fully saturated rings. The lowest BCUT2D eigenvalue weighted by Crippen LogP contribution is -2.14. The van der Waals surface area contributed by atoms with Crippen molar-refractivity contribution in [2.45, 2.75) is 19.3 Å². The molecular weight excluding hydrogens is 442 g/mol. The molecule has 0 amide bonds. The summed E-state index contributed by atoms with van der Waals surface area (Å²) in [4.78, 5) is 0. The molecule has 0 unspecified atom stereocenters. The normalized spacial score (nSPS) is 11.2. The second kappa shape index (κ2) is 13.4. The van der Waals surface area contributed by atoms with Crippen LogP contribution in [-0.4, -0.2) is 13.2 Å². The van der Waals surface area contributed by atoms with Gasteiger partial charge in [-0.2, -0.15) is 0 Å². The summed E-state index contributed by atoms with van der Waals surface area (Å²) in [7, 11) is -1.55. The zero-order valence-corrected chi connectivity index (χ0v) is 20.6. The zero-order valence-electron chi connectivity index (χ0n) is 18.8. The summed E-state index contributed by atoms with van der Waals surface area (Å²) in [5, 5.41) is 5.05. The predicted octanol–water partition coefficient (Wildman–Crippen LogP) is 6.29. The molecule has 168 valence electrons. The average molecular weight is 473 g/mol. The van der Waals surface area contributed by atoms with Gasteiger partial charge in [0.05, 0.1) is 29.5 Å². The smallest absolute Gasteiger partial charge is 0.0917 e. The van der Waals surface area contributed by atoms with Crippen LogP contribution in [0.15, 0.2) is 121 Å². The van der Waals surface area contributed by atoms with Crippen molar-refractivity contribution in [2.24, 2.45) is 0 Å². The Kier molecular flexibility index (Phi) is 9.66. The fraction of sp³-hybridized carbons (Fsp3) is 0.172. The topological polar surface area (TPSA) is 18.5 Å². The van der Waals surface area contributed by atoms with E-state index in [1.807, 2.05) is 0 Å². The van der Waals surface area contributed by atoms with Gasteiger partial charge in [-0.15, -0.1) is 0 Å². The van der Waals surface area contributed by atoms with Crippen LogP contribution in [0.1, 0.15) is 19.3 Å². The summed E-state index contributed by atoms with van der Waals surface area (Å²) in [6.07, 6.45) is 3.17. The highest BCUT2D eigenvalue weighted by Gasteiger charge is 2.16. The number of hydrogen-bond donors (Lipinski definition) is 0. The summed E-state index contributed by atoms with van der Waals surface area (Å²) in [6.45, 7) is 1.53. The Bertz CT molecular complexity index is 878. The molecule has 0 N–H and O–H groups in total. The molecule has 0 heterocycles. The highest BCUT2D eigenvalue weighted by atomic mass is 31.1. The lowest BCUT2D eigenvalue weighted by Gasteiger charge is -2.19. The highest BCUT2D eigenvalue weighted by molar-refractivity contribution is 7.68. The van der Waals surface area contributed by atoms with E-state index in [1.54, 1.807) is 0 Å². The molecule has 4 aromatic carbocycles. The molecule has 33 heavy (non-hydrogen) atoms. The van der Waals surface area contributed by atoms with Crippen molar-refractivity contribution < 1.29 is 9.05 Å². The van der Waals surface area contributed by atoms with Crippen molar-refractivity contribution >= 4 is 37.5 Å². The maximum absolute atomic E-state index is 6.41. The first-order valence-electron chi connectivity index (χ1n) is 11.5. The predicted molar refractivity (Wildman–Crippen MR) is 144 cm³/mol. The monoisotopic (exact) mass is 472 g/mol. The van der Waals surface area contributed by atoms with Crippen LogP contribution in [0.2, 0.25) is 0 Å². The molecule has 0 aliphatic heterocycles. The summed E-state index contributed by atoms with van der Waals surface area (Å²) in [5.41, 5.74) is 0. The third-order valence-corrected chi connectivity index (χ3v) is 9.14. The Hall–Kier alpha value is -2.34. The molecule has 0 radical (unpaired) electrons. The standard InChI is InChI=1S/C29H30O2P2/c1-6-16-26(17-7-1)32(27-18-8-2-9-19-27)30-24-14-5-15-25-31-33(28-20-10-3-11-21-28)29-22-12-4-13-23-29/h1-4,6-13,16-23H,5,14-15,24-25H2. The van der Waals surface area contributed by atoms with Crippen molar-refractivity contribution in [1.82, 2.24) is 0 Å². The van der Waals surface area contributed by atoms with Crippen LogP contribution >= 0.6 is 16.3 Å². The first kappa shape index (κ1) is 23.8. The lowest BCUT2D eigenvalue weighted by atomic mass is 10.2. The molecule has 4 heteroatoms. The van der Waals surface area contributed by atoms with Crippen LogP contribution in [0, 0.1) is 0 Å². The third-order valence-electron chi connectivity index (χ3n) is 5.19. The zero-order chi connectivity index (χ0) is 22.6. The molecule has 4 aromatic rings. The van der Waals surface area contributed by atoms with Crippen LogP contribution in [0.25, 0.3) is 0 Å². The quantitative estimate of drug-likeness (QED) is 0.178. The largest absolute Gasteiger partial charge is 0.350 e. The molecule has 0 saturated heterocycles. The Labute approximate surface area is 200 Å². The minimum absolute atomic E-state index is 0.766. The fourth-order valence-corrected chi connectivity index (χ4v) is 7.13. The maximum Gasteiger partial charge on any atom is 0.0917 e. The summed E-state index contributed by atoms with van der Waals surface area (Å²) in [6, 6.07) is 42.3. The van der Waals surface area contributed by atoms with Crippen LogP contribution in [0.3, 0.4) is 0 Å². The van der Waals surface area contributed by atoms with Gasteiger partial charge in [-0.25, -0.2) is 0 Å². The molecule has 0 atom stereocenters. The minimum atomic E-state index is -0.774. The van der Waals surface area contributed by atoms with Gasteiger partial charge in [0, 0.05) is 21.2 Å².